The van der Waals surface area contributed by atoms with E-state index in [1.165, 1.54) is 28.6 Å². The first-order valence-corrected chi connectivity index (χ1v) is 13.8. The smallest absolute Gasteiger partial charge is 0.145 e. The number of ether oxygens (including phenoxy) is 1. The Balaban J connectivity index is 0.000000578. The van der Waals surface area contributed by atoms with Crippen LogP contribution in [0.4, 0.5) is 11.4 Å². The molecule has 0 fully saturated rings. The largest absolute Gasteiger partial charge is 0.505 e. The fraction of sp³-hybridized carbons (Fsp3) is 0.556. The fourth-order valence-corrected chi connectivity index (χ4v) is 3.81. The second kappa shape index (κ2) is 13.9. The third-order valence-corrected chi connectivity index (χ3v) is 5.78. The van der Waals surface area contributed by atoms with Crippen LogP contribution < -0.4 is 14.2 Å². The van der Waals surface area contributed by atoms with E-state index in [9.17, 15) is 5.11 Å². The van der Waals surface area contributed by atoms with Gasteiger partial charge in [-0.15, -0.1) is 0 Å². The third kappa shape index (κ3) is 9.62. The third-order valence-electron chi connectivity index (χ3n) is 4.94. The average Bonchev–Trinajstić information content (AvgIpc) is 2.72. The highest BCUT2D eigenvalue weighted by molar-refractivity contribution is 8.00. The summed E-state index contributed by atoms with van der Waals surface area (Å²) >= 11 is 3.07. The SMILES string of the molecule is CC.COc1c(C)cc(C(C)(C)C)cc1NSC.CSNc1cc(C(C)(C)C)cc(C)c1O. The summed E-state index contributed by atoms with van der Waals surface area (Å²) in [5, 5.41) is 9.84. The predicted molar refractivity (Wildman–Crippen MR) is 154 cm³/mol. The molecule has 2 aromatic carbocycles. The molecule has 0 bridgehead atoms. The molecule has 0 aliphatic carbocycles. The number of phenols is 1. The summed E-state index contributed by atoms with van der Waals surface area (Å²) in [6.07, 6.45) is 3.96. The van der Waals surface area contributed by atoms with Crippen LogP contribution in [0, 0.1) is 13.8 Å². The number of benzene rings is 2. The summed E-state index contributed by atoms with van der Waals surface area (Å²) in [4.78, 5) is 0. The van der Waals surface area contributed by atoms with Crippen LogP contribution >= 0.6 is 23.9 Å². The Morgan fingerprint density at radius 2 is 1.12 bits per heavy atom. The minimum atomic E-state index is 0.104. The maximum absolute atomic E-state index is 9.84. The Morgan fingerprint density at radius 1 is 0.727 bits per heavy atom. The summed E-state index contributed by atoms with van der Waals surface area (Å²) in [6, 6.07) is 8.42. The van der Waals surface area contributed by atoms with Gasteiger partial charge in [0, 0.05) is 12.5 Å². The molecule has 0 radical (unpaired) electrons. The van der Waals surface area contributed by atoms with Crippen molar-refractivity contribution in [3.63, 3.8) is 0 Å². The quantitative estimate of drug-likeness (QED) is 0.285. The van der Waals surface area contributed by atoms with Gasteiger partial charge in [-0.3, -0.25) is 0 Å². The van der Waals surface area contributed by atoms with Gasteiger partial charge in [0.25, 0.3) is 0 Å². The minimum absolute atomic E-state index is 0.104. The van der Waals surface area contributed by atoms with Gasteiger partial charge < -0.3 is 19.3 Å². The number of phenolic OH excluding ortho intramolecular Hbond substituents is 1. The second-order valence-electron chi connectivity index (χ2n) is 9.68. The van der Waals surface area contributed by atoms with E-state index < -0.39 is 0 Å². The lowest BCUT2D eigenvalue weighted by Gasteiger charge is -2.22. The van der Waals surface area contributed by atoms with Crippen LogP contribution in [0.15, 0.2) is 24.3 Å². The predicted octanol–water partition coefficient (Wildman–Crippen LogP) is 8.71. The highest BCUT2D eigenvalue weighted by atomic mass is 32.2. The summed E-state index contributed by atoms with van der Waals surface area (Å²) in [6.45, 7) is 21.2. The first-order valence-electron chi connectivity index (χ1n) is 11.4. The maximum atomic E-state index is 9.84. The molecular weight excluding hydrogens is 448 g/mol. The Labute approximate surface area is 211 Å². The molecule has 2 aromatic rings. The Hall–Kier alpha value is -1.66. The molecule has 4 nitrogen and oxygen atoms in total. The maximum Gasteiger partial charge on any atom is 0.145 e. The number of hydrogen-bond donors (Lipinski definition) is 3. The van der Waals surface area contributed by atoms with Gasteiger partial charge >= 0.3 is 0 Å². The monoisotopic (exact) mass is 494 g/mol. The summed E-state index contributed by atoms with van der Waals surface area (Å²) in [5.74, 6) is 1.28. The highest BCUT2D eigenvalue weighted by Crippen LogP contribution is 2.36. The molecule has 0 atom stereocenters. The van der Waals surface area contributed by atoms with Crippen LogP contribution in [-0.4, -0.2) is 24.7 Å². The summed E-state index contributed by atoms with van der Waals surface area (Å²) in [5.41, 5.74) is 6.76. The lowest BCUT2D eigenvalue weighted by molar-refractivity contribution is 0.413. The van der Waals surface area contributed by atoms with Crippen molar-refractivity contribution < 1.29 is 9.84 Å². The molecule has 0 amide bonds. The van der Waals surface area contributed by atoms with Gasteiger partial charge in [-0.05, 0) is 59.1 Å². The molecule has 6 heteroatoms. The van der Waals surface area contributed by atoms with E-state index in [2.05, 4.69) is 70.0 Å². The van der Waals surface area contributed by atoms with E-state index in [1.807, 2.05) is 45.4 Å². The van der Waals surface area contributed by atoms with Gasteiger partial charge in [-0.2, -0.15) is 0 Å². The molecule has 188 valence electrons. The number of nitrogens with one attached hydrogen (secondary N) is 2. The van der Waals surface area contributed by atoms with Gasteiger partial charge in [0.15, 0.2) is 0 Å². The highest BCUT2D eigenvalue weighted by Gasteiger charge is 2.18. The summed E-state index contributed by atoms with van der Waals surface area (Å²) < 4.78 is 11.8. The molecular formula is C27H46N2O2S2. The minimum Gasteiger partial charge on any atom is -0.505 e. The van der Waals surface area contributed by atoms with Crippen molar-refractivity contribution in [2.24, 2.45) is 0 Å². The zero-order valence-electron chi connectivity index (χ0n) is 23.0. The van der Waals surface area contributed by atoms with Crippen molar-refractivity contribution in [1.82, 2.24) is 0 Å². The first-order chi connectivity index (χ1) is 15.3. The van der Waals surface area contributed by atoms with E-state index in [1.54, 1.807) is 19.1 Å². The van der Waals surface area contributed by atoms with Gasteiger partial charge in [0.05, 0.1) is 18.5 Å². The molecule has 0 saturated heterocycles. The normalized spacial score (nSPS) is 10.9. The van der Waals surface area contributed by atoms with E-state index in [0.717, 1.165) is 22.7 Å². The number of anilines is 2. The Morgan fingerprint density at radius 3 is 1.52 bits per heavy atom. The van der Waals surface area contributed by atoms with Crippen molar-refractivity contribution in [2.75, 3.05) is 29.1 Å². The van der Waals surface area contributed by atoms with Gasteiger partial charge in [-0.1, -0.05) is 91.4 Å². The molecule has 2 rings (SSSR count). The zero-order chi connectivity index (χ0) is 26.0. The van der Waals surface area contributed by atoms with Crippen molar-refractivity contribution in [3.05, 3.63) is 46.5 Å². The Bertz CT molecular complexity index is 870. The fourth-order valence-electron chi connectivity index (χ4n) is 3.06. The van der Waals surface area contributed by atoms with Crippen LogP contribution in [0.5, 0.6) is 11.5 Å². The van der Waals surface area contributed by atoms with Crippen molar-refractivity contribution in [2.45, 2.75) is 80.1 Å². The van der Waals surface area contributed by atoms with Crippen molar-refractivity contribution in [1.29, 1.82) is 0 Å². The second-order valence-corrected chi connectivity index (χ2v) is 10.9. The lowest BCUT2D eigenvalue weighted by atomic mass is 9.86. The summed E-state index contributed by atoms with van der Waals surface area (Å²) in [7, 11) is 1.71. The lowest BCUT2D eigenvalue weighted by Crippen LogP contribution is -2.12. The number of aryl methyl sites for hydroxylation is 2. The molecule has 3 N–H and O–H groups in total. The number of hydrogen-bond acceptors (Lipinski definition) is 6. The van der Waals surface area contributed by atoms with Crippen molar-refractivity contribution in [3.8, 4) is 11.5 Å². The van der Waals surface area contributed by atoms with E-state index in [0.29, 0.717) is 5.75 Å². The molecule has 0 aliphatic heterocycles. The molecule has 0 heterocycles. The van der Waals surface area contributed by atoms with Crippen LogP contribution in [0.2, 0.25) is 0 Å². The Kier molecular flexibility index (Phi) is 13.2. The van der Waals surface area contributed by atoms with Crippen LogP contribution in [0.3, 0.4) is 0 Å². The van der Waals surface area contributed by atoms with E-state index in [-0.39, 0.29) is 10.8 Å². The van der Waals surface area contributed by atoms with Crippen LogP contribution in [0.1, 0.15) is 77.6 Å². The number of aromatic hydroxyl groups is 1. The molecule has 0 spiro atoms. The first kappa shape index (κ1) is 31.3. The zero-order valence-corrected chi connectivity index (χ0v) is 24.6. The topological polar surface area (TPSA) is 53.5 Å². The molecule has 0 aromatic heterocycles. The molecule has 0 unspecified atom stereocenters. The molecule has 0 aliphatic rings. The van der Waals surface area contributed by atoms with E-state index >= 15 is 0 Å². The van der Waals surface area contributed by atoms with Gasteiger partial charge in [0.1, 0.15) is 11.5 Å². The number of methoxy groups -OCH3 is 1. The number of rotatable bonds is 5. The van der Waals surface area contributed by atoms with Gasteiger partial charge in [-0.25, -0.2) is 0 Å². The standard InChI is InChI=1S/C13H21NOS.C12H19NOS.C2H6/c1-9-7-10(13(2,3)4)8-11(14-16-6)12(9)15-5;1-8-6-9(12(2,3)4)7-10(11(8)14)13-15-5;1-2/h7-8,14H,1-6H3;6-7,13-14H,1-5H3;1-2H3. The van der Waals surface area contributed by atoms with Crippen molar-refractivity contribution >= 4 is 35.3 Å². The van der Waals surface area contributed by atoms with Gasteiger partial charge in [0.2, 0.25) is 0 Å². The molecule has 0 saturated carbocycles. The molecule has 33 heavy (non-hydrogen) atoms. The van der Waals surface area contributed by atoms with Crippen LogP contribution in [0.25, 0.3) is 0 Å². The average molecular weight is 495 g/mol. The van der Waals surface area contributed by atoms with E-state index in [4.69, 9.17) is 4.74 Å². The van der Waals surface area contributed by atoms with Crippen LogP contribution in [-0.2, 0) is 10.8 Å².